The number of halogens is 1. The van der Waals surface area contributed by atoms with Gasteiger partial charge in [0.15, 0.2) is 0 Å². The monoisotopic (exact) mass is 338 g/mol. The summed E-state index contributed by atoms with van der Waals surface area (Å²) in [6, 6.07) is 6.26. The third-order valence-corrected chi connectivity index (χ3v) is 5.83. The van der Waals surface area contributed by atoms with Crippen LogP contribution >= 0.6 is 11.8 Å². The van der Waals surface area contributed by atoms with Crippen LogP contribution in [0.3, 0.4) is 0 Å². The van der Waals surface area contributed by atoms with Crippen molar-refractivity contribution >= 4 is 11.8 Å². The van der Waals surface area contributed by atoms with Gasteiger partial charge in [0.1, 0.15) is 11.6 Å². The van der Waals surface area contributed by atoms with Gasteiger partial charge in [-0.1, -0.05) is 0 Å². The highest BCUT2D eigenvalue weighted by Crippen LogP contribution is 2.28. The first-order chi connectivity index (χ1) is 11.2. The zero-order valence-corrected chi connectivity index (χ0v) is 14.9. The van der Waals surface area contributed by atoms with Gasteiger partial charge >= 0.3 is 0 Å². The van der Waals surface area contributed by atoms with E-state index in [1.807, 2.05) is 17.8 Å². The number of rotatable bonds is 6. The number of benzene rings is 1. The maximum atomic E-state index is 14.2. The van der Waals surface area contributed by atoms with Gasteiger partial charge in [-0.15, -0.1) is 0 Å². The summed E-state index contributed by atoms with van der Waals surface area (Å²) >= 11 is 1.90. The zero-order chi connectivity index (χ0) is 16.2. The van der Waals surface area contributed by atoms with Crippen molar-refractivity contribution in [2.45, 2.75) is 37.9 Å². The Morgan fingerprint density at radius 1 is 1.35 bits per heavy atom. The molecular weight excluding hydrogens is 311 g/mol. The third kappa shape index (κ3) is 4.01. The molecule has 0 bridgehead atoms. The van der Waals surface area contributed by atoms with Crippen LogP contribution in [0.2, 0.25) is 0 Å². The smallest absolute Gasteiger partial charge is 0.127 e. The van der Waals surface area contributed by atoms with E-state index in [0.717, 1.165) is 24.4 Å². The fraction of sp³-hybridized carbons (Fsp3) is 0.667. The predicted octanol–water partition coefficient (Wildman–Crippen LogP) is 3.24. The third-order valence-electron chi connectivity index (χ3n) is 5.19. The van der Waals surface area contributed by atoms with E-state index >= 15 is 0 Å². The molecule has 2 aliphatic heterocycles. The van der Waals surface area contributed by atoms with E-state index in [2.05, 4.69) is 16.1 Å². The van der Waals surface area contributed by atoms with Crippen LogP contribution in [0.1, 0.15) is 24.8 Å². The van der Waals surface area contributed by atoms with Crippen LogP contribution in [0, 0.1) is 5.82 Å². The molecule has 2 saturated heterocycles. The zero-order valence-electron chi connectivity index (χ0n) is 14.1. The van der Waals surface area contributed by atoms with Gasteiger partial charge < -0.3 is 4.74 Å². The lowest BCUT2D eigenvalue weighted by molar-refractivity contribution is 0.0435. The van der Waals surface area contributed by atoms with Crippen LogP contribution in [0.5, 0.6) is 5.75 Å². The average molecular weight is 338 g/mol. The maximum Gasteiger partial charge on any atom is 0.127 e. The number of hydrogen-bond acceptors (Lipinski definition) is 4. The molecule has 3 nitrogen and oxygen atoms in total. The highest BCUT2D eigenvalue weighted by molar-refractivity contribution is 7.98. The lowest BCUT2D eigenvalue weighted by Crippen LogP contribution is -2.55. The summed E-state index contributed by atoms with van der Waals surface area (Å²) < 4.78 is 19.5. The Bertz CT molecular complexity index is 528. The fourth-order valence-electron chi connectivity index (χ4n) is 3.89. The Morgan fingerprint density at radius 3 is 3.00 bits per heavy atom. The van der Waals surface area contributed by atoms with Gasteiger partial charge in [-0.2, -0.15) is 11.8 Å². The topological polar surface area (TPSA) is 15.7 Å². The molecule has 1 aromatic carbocycles. The van der Waals surface area contributed by atoms with Crippen molar-refractivity contribution in [2.24, 2.45) is 0 Å². The summed E-state index contributed by atoms with van der Waals surface area (Å²) in [5.41, 5.74) is 0.755. The van der Waals surface area contributed by atoms with Crippen molar-refractivity contribution in [1.82, 2.24) is 9.80 Å². The second-order valence-corrected chi connectivity index (χ2v) is 7.60. The molecule has 2 fully saturated rings. The summed E-state index contributed by atoms with van der Waals surface area (Å²) in [5.74, 6) is 1.78. The minimum Gasteiger partial charge on any atom is -0.497 e. The van der Waals surface area contributed by atoms with E-state index in [9.17, 15) is 4.39 Å². The lowest BCUT2D eigenvalue weighted by atomic mass is 10.0. The number of fused-ring (bicyclic) bond motifs is 1. The Hall–Kier alpha value is -0.780. The van der Waals surface area contributed by atoms with Crippen molar-refractivity contribution < 1.29 is 9.13 Å². The Balaban J connectivity index is 1.74. The first kappa shape index (κ1) is 17.1. The number of nitrogens with zero attached hydrogens (tertiary/aromatic N) is 2. The molecule has 0 radical (unpaired) electrons. The summed E-state index contributed by atoms with van der Waals surface area (Å²) in [7, 11) is 1.63. The molecule has 0 spiro atoms. The van der Waals surface area contributed by atoms with Crippen LogP contribution in [-0.2, 0) is 6.54 Å². The fourth-order valence-corrected chi connectivity index (χ4v) is 4.40. The molecule has 1 aromatic rings. The normalized spacial score (nSPS) is 25.5. The SMILES string of the molecule is COc1ccc(F)c(CN2C[C@@H]3CCCN3C[C@@H]2CCSC)c1. The minimum atomic E-state index is -0.122. The minimum absolute atomic E-state index is 0.122. The molecule has 0 saturated carbocycles. The van der Waals surface area contributed by atoms with Crippen LogP contribution < -0.4 is 4.74 Å². The number of methoxy groups -OCH3 is 1. The van der Waals surface area contributed by atoms with Crippen molar-refractivity contribution in [2.75, 3.05) is 38.8 Å². The van der Waals surface area contributed by atoms with Crippen LogP contribution in [0.25, 0.3) is 0 Å². The van der Waals surface area contributed by atoms with Crippen molar-refractivity contribution in [1.29, 1.82) is 0 Å². The number of piperazine rings is 1. The molecule has 2 heterocycles. The van der Waals surface area contributed by atoms with Crippen molar-refractivity contribution in [3.05, 3.63) is 29.6 Å². The second kappa shape index (κ2) is 7.86. The number of thioether (sulfide) groups is 1. The van der Waals surface area contributed by atoms with E-state index in [-0.39, 0.29) is 5.82 Å². The van der Waals surface area contributed by atoms with E-state index in [1.165, 1.54) is 37.6 Å². The molecule has 0 N–H and O–H groups in total. The van der Waals surface area contributed by atoms with E-state index in [0.29, 0.717) is 18.6 Å². The van der Waals surface area contributed by atoms with Gasteiger partial charge in [-0.3, -0.25) is 9.80 Å². The second-order valence-electron chi connectivity index (χ2n) is 6.61. The first-order valence-corrected chi connectivity index (χ1v) is 9.90. The van der Waals surface area contributed by atoms with E-state index in [1.54, 1.807) is 13.2 Å². The predicted molar refractivity (Wildman–Crippen MR) is 94.7 cm³/mol. The van der Waals surface area contributed by atoms with E-state index in [4.69, 9.17) is 4.74 Å². The Kier molecular flexibility index (Phi) is 5.83. The maximum absolute atomic E-state index is 14.2. The molecule has 0 aromatic heterocycles. The first-order valence-electron chi connectivity index (χ1n) is 8.50. The van der Waals surface area contributed by atoms with Crippen LogP contribution in [-0.4, -0.2) is 60.6 Å². The quantitative estimate of drug-likeness (QED) is 0.791. The molecule has 3 rings (SSSR count). The molecule has 2 aliphatic rings. The molecule has 23 heavy (non-hydrogen) atoms. The molecule has 0 amide bonds. The molecule has 0 aliphatic carbocycles. The standard InChI is InChI=1S/C18H27FN2OS/c1-22-17-5-6-18(19)14(10-17)11-21-13-15-4-3-8-20(15)12-16(21)7-9-23-2/h5-6,10,15-16H,3-4,7-9,11-13H2,1-2H3/t15-,16-/m0/s1. The number of ether oxygens (including phenoxy) is 1. The van der Waals surface area contributed by atoms with Gasteiger partial charge in [0.25, 0.3) is 0 Å². The van der Waals surface area contributed by atoms with Gasteiger partial charge in [0.05, 0.1) is 7.11 Å². The van der Waals surface area contributed by atoms with Gasteiger partial charge in [0, 0.05) is 37.3 Å². The highest BCUT2D eigenvalue weighted by atomic mass is 32.2. The summed E-state index contributed by atoms with van der Waals surface area (Å²) in [4.78, 5) is 5.14. The van der Waals surface area contributed by atoms with Gasteiger partial charge in [-0.25, -0.2) is 4.39 Å². The Morgan fingerprint density at radius 2 is 2.22 bits per heavy atom. The molecule has 2 atom stereocenters. The summed E-state index contributed by atoms with van der Waals surface area (Å²) in [6.45, 7) is 4.13. The molecule has 0 unspecified atom stereocenters. The van der Waals surface area contributed by atoms with Crippen molar-refractivity contribution in [3.63, 3.8) is 0 Å². The number of hydrogen-bond donors (Lipinski definition) is 0. The van der Waals surface area contributed by atoms with Crippen LogP contribution in [0.15, 0.2) is 18.2 Å². The highest BCUT2D eigenvalue weighted by Gasteiger charge is 2.36. The van der Waals surface area contributed by atoms with Gasteiger partial charge in [-0.05, 0) is 56.0 Å². The molecular formula is C18H27FN2OS. The van der Waals surface area contributed by atoms with Crippen molar-refractivity contribution in [3.8, 4) is 5.75 Å². The largest absolute Gasteiger partial charge is 0.497 e. The lowest BCUT2D eigenvalue weighted by Gasteiger charge is -2.44. The molecule has 128 valence electrons. The Labute approximate surface area is 143 Å². The molecule has 5 heteroatoms. The summed E-state index contributed by atoms with van der Waals surface area (Å²) in [6.07, 6.45) is 5.93. The average Bonchev–Trinajstić information content (AvgIpc) is 3.01. The van der Waals surface area contributed by atoms with E-state index < -0.39 is 0 Å². The van der Waals surface area contributed by atoms with Crippen LogP contribution in [0.4, 0.5) is 4.39 Å². The summed E-state index contributed by atoms with van der Waals surface area (Å²) in [5, 5.41) is 0. The van der Waals surface area contributed by atoms with Gasteiger partial charge in [0.2, 0.25) is 0 Å².